The van der Waals surface area contributed by atoms with Crippen LogP contribution >= 0.6 is 11.6 Å². The molecule has 0 spiro atoms. The third-order valence-electron chi connectivity index (χ3n) is 4.02. The van der Waals surface area contributed by atoms with E-state index >= 15 is 0 Å². The van der Waals surface area contributed by atoms with Crippen LogP contribution in [0.4, 0.5) is 17.2 Å². The van der Waals surface area contributed by atoms with E-state index in [1.165, 1.54) is 0 Å². The number of pyridine rings is 2. The third kappa shape index (κ3) is 3.88. The topological polar surface area (TPSA) is 66.9 Å². The summed E-state index contributed by atoms with van der Waals surface area (Å²) in [5.74, 6) is 0.343. The van der Waals surface area contributed by atoms with Crippen LogP contribution in [0.15, 0.2) is 79.1 Å². The van der Waals surface area contributed by atoms with Crippen LogP contribution in [0.5, 0.6) is 0 Å². The molecule has 0 saturated heterocycles. The van der Waals surface area contributed by atoms with Crippen LogP contribution in [0.3, 0.4) is 0 Å². The lowest BCUT2D eigenvalue weighted by molar-refractivity contribution is 0.102. The summed E-state index contributed by atoms with van der Waals surface area (Å²) < 4.78 is 0. The molecule has 6 heteroatoms. The van der Waals surface area contributed by atoms with Crippen molar-refractivity contribution in [2.24, 2.45) is 0 Å². The van der Waals surface area contributed by atoms with Gasteiger partial charge in [-0.3, -0.25) is 9.78 Å². The summed E-state index contributed by atoms with van der Waals surface area (Å²) in [5, 5.41) is 7.73. The Hall–Kier alpha value is -3.44. The summed E-state index contributed by atoms with van der Waals surface area (Å²) in [6.45, 7) is 0. The zero-order valence-electron chi connectivity index (χ0n) is 14.2. The van der Waals surface area contributed by atoms with E-state index in [4.69, 9.17) is 11.6 Å². The molecule has 0 aliphatic rings. The molecule has 0 saturated carbocycles. The third-order valence-corrected chi connectivity index (χ3v) is 4.27. The predicted octanol–water partition coefficient (Wildman–Crippen LogP) is 5.28. The summed E-state index contributed by atoms with van der Waals surface area (Å²) in [5.41, 5.74) is 2.85. The number of carbonyl (C=O) groups excluding carboxylic acids is 1. The number of nitrogens with zero attached hydrogens (tertiary/aromatic N) is 2. The number of rotatable bonds is 4. The molecule has 2 heterocycles. The van der Waals surface area contributed by atoms with Gasteiger partial charge in [0.25, 0.3) is 5.91 Å². The number of anilines is 3. The van der Waals surface area contributed by atoms with E-state index in [9.17, 15) is 4.79 Å². The number of aromatic nitrogens is 2. The molecule has 0 atom stereocenters. The minimum Gasteiger partial charge on any atom is -0.338 e. The summed E-state index contributed by atoms with van der Waals surface area (Å²) in [6.07, 6.45) is 3.34. The SMILES string of the molecule is O=C(Nc1ccc(Cl)cc1)c1ccnc(Nc2cccc3cccnc23)c1. The normalized spacial score (nSPS) is 10.6. The number of nitrogens with one attached hydrogen (secondary N) is 2. The second-order valence-electron chi connectivity index (χ2n) is 5.90. The number of halogens is 1. The molecule has 27 heavy (non-hydrogen) atoms. The van der Waals surface area contributed by atoms with Gasteiger partial charge in [0.1, 0.15) is 5.82 Å². The summed E-state index contributed by atoms with van der Waals surface area (Å²) in [6, 6.07) is 20.1. The second-order valence-corrected chi connectivity index (χ2v) is 6.33. The molecule has 0 unspecified atom stereocenters. The lowest BCUT2D eigenvalue weighted by atomic mass is 10.2. The van der Waals surface area contributed by atoms with E-state index in [1.54, 1.807) is 48.8 Å². The van der Waals surface area contributed by atoms with Gasteiger partial charge in [0.15, 0.2) is 0 Å². The fourth-order valence-electron chi connectivity index (χ4n) is 2.72. The largest absolute Gasteiger partial charge is 0.338 e. The van der Waals surface area contributed by atoms with Gasteiger partial charge in [-0.15, -0.1) is 0 Å². The monoisotopic (exact) mass is 374 g/mol. The summed E-state index contributed by atoms with van der Waals surface area (Å²) >= 11 is 5.87. The van der Waals surface area contributed by atoms with E-state index in [1.807, 2.05) is 30.3 Å². The van der Waals surface area contributed by atoms with Crippen molar-refractivity contribution in [3.05, 3.63) is 89.7 Å². The van der Waals surface area contributed by atoms with Gasteiger partial charge < -0.3 is 10.6 Å². The maximum absolute atomic E-state index is 12.5. The molecular weight excluding hydrogens is 360 g/mol. The minimum absolute atomic E-state index is 0.223. The van der Waals surface area contributed by atoms with Crippen molar-refractivity contribution in [2.75, 3.05) is 10.6 Å². The van der Waals surface area contributed by atoms with E-state index in [0.717, 1.165) is 16.6 Å². The number of carbonyl (C=O) groups is 1. The molecule has 0 aliphatic heterocycles. The number of amides is 1. The van der Waals surface area contributed by atoms with Crippen molar-refractivity contribution in [3.63, 3.8) is 0 Å². The second kappa shape index (κ2) is 7.43. The molecule has 4 rings (SSSR count). The van der Waals surface area contributed by atoms with Gasteiger partial charge in [-0.05, 0) is 48.5 Å². The van der Waals surface area contributed by atoms with Gasteiger partial charge in [-0.25, -0.2) is 4.98 Å². The van der Waals surface area contributed by atoms with Crippen LogP contribution < -0.4 is 10.6 Å². The van der Waals surface area contributed by atoms with Gasteiger partial charge in [0.05, 0.1) is 11.2 Å². The Balaban J connectivity index is 1.57. The van der Waals surface area contributed by atoms with Crippen LogP contribution in [-0.2, 0) is 0 Å². The van der Waals surface area contributed by atoms with Crippen molar-refractivity contribution in [1.82, 2.24) is 9.97 Å². The molecule has 2 N–H and O–H groups in total. The number of hydrogen-bond acceptors (Lipinski definition) is 4. The highest BCUT2D eigenvalue weighted by Crippen LogP contribution is 2.24. The lowest BCUT2D eigenvalue weighted by Crippen LogP contribution is -2.12. The van der Waals surface area contributed by atoms with Crippen molar-refractivity contribution >= 4 is 45.6 Å². The number of fused-ring (bicyclic) bond motifs is 1. The van der Waals surface area contributed by atoms with Gasteiger partial charge >= 0.3 is 0 Å². The molecule has 0 bridgehead atoms. The fraction of sp³-hybridized carbons (Fsp3) is 0. The fourth-order valence-corrected chi connectivity index (χ4v) is 2.85. The maximum Gasteiger partial charge on any atom is 0.255 e. The number of hydrogen-bond donors (Lipinski definition) is 2. The Bertz CT molecular complexity index is 1110. The number of para-hydroxylation sites is 1. The van der Waals surface area contributed by atoms with E-state index in [2.05, 4.69) is 20.6 Å². The zero-order chi connectivity index (χ0) is 18.6. The molecule has 5 nitrogen and oxygen atoms in total. The van der Waals surface area contributed by atoms with E-state index in [-0.39, 0.29) is 5.91 Å². The quantitative estimate of drug-likeness (QED) is 0.510. The number of benzene rings is 2. The molecule has 2 aromatic heterocycles. The average Bonchev–Trinajstić information content (AvgIpc) is 2.70. The van der Waals surface area contributed by atoms with Crippen molar-refractivity contribution in [3.8, 4) is 0 Å². The van der Waals surface area contributed by atoms with Crippen LogP contribution in [0, 0.1) is 0 Å². The first-order chi connectivity index (χ1) is 13.2. The zero-order valence-corrected chi connectivity index (χ0v) is 14.9. The first-order valence-electron chi connectivity index (χ1n) is 8.33. The van der Waals surface area contributed by atoms with Crippen molar-refractivity contribution in [1.29, 1.82) is 0 Å². The average molecular weight is 375 g/mol. The van der Waals surface area contributed by atoms with Crippen LogP contribution in [0.1, 0.15) is 10.4 Å². The first kappa shape index (κ1) is 17.0. The van der Waals surface area contributed by atoms with Gasteiger partial charge in [-0.2, -0.15) is 0 Å². The highest BCUT2D eigenvalue weighted by atomic mass is 35.5. The molecule has 4 aromatic rings. The molecule has 0 radical (unpaired) electrons. The minimum atomic E-state index is -0.223. The molecule has 2 aromatic carbocycles. The van der Waals surface area contributed by atoms with Gasteiger partial charge in [-0.1, -0.05) is 29.8 Å². The van der Waals surface area contributed by atoms with Crippen LogP contribution in [0.2, 0.25) is 5.02 Å². The van der Waals surface area contributed by atoms with Crippen LogP contribution in [-0.4, -0.2) is 15.9 Å². The Morgan fingerprint density at radius 3 is 2.56 bits per heavy atom. The van der Waals surface area contributed by atoms with Gasteiger partial charge in [0, 0.05) is 34.1 Å². The highest BCUT2D eigenvalue weighted by Gasteiger charge is 2.09. The molecule has 132 valence electrons. The molecule has 0 fully saturated rings. The molecule has 1 amide bonds. The predicted molar refractivity (Wildman–Crippen MR) is 109 cm³/mol. The Morgan fingerprint density at radius 2 is 1.70 bits per heavy atom. The molecular formula is C21H15ClN4O. The maximum atomic E-state index is 12.5. The van der Waals surface area contributed by atoms with E-state index in [0.29, 0.717) is 22.1 Å². The van der Waals surface area contributed by atoms with Gasteiger partial charge in [0.2, 0.25) is 0 Å². The Morgan fingerprint density at radius 1 is 0.889 bits per heavy atom. The smallest absolute Gasteiger partial charge is 0.255 e. The molecule has 0 aliphatic carbocycles. The highest BCUT2D eigenvalue weighted by molar-refractivity contribution is 6.30. The standard InChI is InChI=1S/C21H15ClN4O/c22-16-6-8-17(9-7-16)25-21(27)15-10-12-23-19(13-15)26-18-5-1-3-14-4-2-11-24-20(14)18/h1-13H,(H,23,26)(H,25,27). The first-order valence-corrected chi connectivity index (χ1v) is 8.70. The van der Waals surface area contributed by atoms with Crippen molar-refractivity contribution < 1.29 is 4.79 Å². The summed E-state index contributed by atoms with van der Waals surface area (Å²) in [7, 11) is 0. The van der Waals surface area contributed by atoms with Crippen molar-refractivity contribution in [2.45, 2.75) is 0 Å². The van der Waals surface area contributed by atoms with E-state index < -0.39 is 0 Å². The summed E-state index contributed by atoms with van der Waals surface area (Å²) in [4.78, 5) is 21.2. The Labute approximate surface area is 161 Å². The Kier molecular flexibility index (Phi) is 4.68. The van der Waals surface area contributed by atoms with Crippen LogP contribution in [0.25, 0.3) is 10.9 Å². The lowest BCUT2D eigenvalue weighted by Gasteiger charge is -2.10.